The summed E-state index contributed by atoms with van der Waals surface area (Å²) in [5.41, 5.74) is 17.2. The molecule has 272 valence electrons. The number of nitro benzene ring substituents is 1. The van der Waals surface area contributed by atoms with Gasteiger partial charge in [-0.2, -0.15) is 0 Å². The van der Waals surface area contributed by atoms with Gasteiger partial charge in [-0.25, -0.2) is 4.79 Å². The first kappa shape index (κ1) is 40.3. The smallest absolute Gasteiger partial charge is 0.328 e. The van der Waals surface area contributed by atoms with E-state index in [4.69, 9.17) is 17.2 Å². The standard InChI is InChI=1S/C31H49N9O9/c1-17(2)14-23(29(45)39-13-5-7-24(39)28(44)38-26(18(3)41)30(46)47)37-25(42)16-20(15-19-8-10-21(11-9-19)40(48)49)36-27(43)22(32)6-4-12-35-31(33)34/h8-11,17-18,20,22-24,26,41H,4-7,12-16,32H2,1-3H3,(H,36,43)(H,37,42)(H,38,44)(H,46,47)(H4,33,34,35)/t18-,20+,22+,23+,24+,26+/m1/s1. The maximum atomic E-state index is 13.8. The lowest BCUT2D eigenvalue weighted by atomic mass is 9.99. The maximum Gasteiger partial charge on any atom is 0.328 e. The topological polar surface area (TPSA) is 299 Å². The number of aliphatic carboxylic acids is 1. The van der Waals surface area contributed by atoms with Crippen molar-refractivity contribution in [3.63, 3.8) is 0 Å². The van der Waals surface area contributed by atoms with Crippen LogP contribution in [0.5, 0.6) is 0 Å². The molecule has 1 heterocycles. The third-order valence-corrected chi connectivity index (χ3v) is 7.94. The third-order valence-electron chi connectivity index (χ3n) is 7.94. The van der Waals surface area contributed by atoms with Crippen LogP contribution in [0.4, 0.5) is 5.69 Å². The van der Waals surface area contributed by atoms with Gasteiger partial charge in [-0.1, -0.05) is 26.0 Å². The molecule has 49 heavy (non-hydrogen) atoms. The predicted molar refractivity (Wildman–Crippen MR) is 179 cm³/mol. The summed E-state index contributed by atoms with van der Waals surface area (Å²) < 4.78 is 0. The number of hydrogen-bond acceptors (Lipinski definition) is 10. The molecule has 1 aliphatic heterocycles. The largest absolute Gasteiger partial charge is 0.480 e. The number of likely N-dealkylation sites (tertiary alicyclic amines) is 1. The van der Waals surface area contributed by atoms with Crippen molar-refractivity contribution in [2.75, 3.05) is 13.1 Å². The van der Waals surface area contributed by atoms with Gasteiger partial charge in [0.25, 0.3) is 5.69 Å². The van der Waals surface area contributed by atoms with Crippen LogP contribution < -0.4 is 33.2 Å². The number of guanidine groups is 1. The minimum Gasteiger partial charge on any atom is -0.480 e. The summed E-state index contributed by atoms with van der Waals surface area (Å²) in [6.07, 6.45) is 0.0892. The van der Waals surface area contributed by atoms with Gasteiger partial charge >= 0.3 is 5.97 Å². The number of carboxylic acids is 1. The number of aliphatic hydroxyl groups is 1. The van der Waals surface area contributed by atoms with Gasteiger partial charge in [0.05, 0.1) is 17.1 Å². The van der Waals surface area contributed by atoms with E-state index in [0.29, 0.717) is 18.4 Å². The van der Waals surface area contributed by atoms with E-state index in [1.54, 1.807) is 0 Å². The van der Waals surface area contributed by atoms with Crippen molar-refractivity contribution >= 4 is 41.2 Å². The zero-order valence-electron chi connectivity index (χ0n) is 28.0. The Balaban J connectivity index is 2.22. The number of carbonyl (C=O) groups excluding carboxylic acids is 4. The van der Waals surface area contributed by atoms with Crippen LogP contribution in [0, 0.1) is 16.0 Å². The highest BCUT2D eigenvalue weighted by Crippen LogP contribution is 2.21. The van der Waals surface area contributed by atoms with Crippen molar-refractivity contribution in [2.24, 2.45) is 28.1 Å². The molecule has 0 radical (unpaired) electrons. The SMILES string of the molecule is CC(C)C[C@H](NC(=O)C[C@H](Cc1ccc([N+](=O)[O-])cc1)NC(=O)[C@@H](N)CCCN=C(N)N)C(=O)N1CCC[C@H]1C(=O)N[C@H](C(=O)O)[C@@H](C)O. The molecule has 18 heteroatoms. The third kappa shape index (κ3) is 13.3. The van der Waals surface area contributed by atoms with Gasteiger partial charge in [-0.3, -0.25) is 34.3 Å². The van der Waals surface area contributed by atoms with E-state index in [-0.39, 0.29) is 62.8 Å². The molecule has 0 aliphatic carbocycles. The Morgan fingerprint density at radius 2 is 1.73 bits per heavy atom. The van der Waals surface area contributed by atoms with E-state index in [2.05, 4.69) is 20.9 Å². The molecule has 1 aromatic rings. The number of rotatable bonds is 19. The summed E-state index contributed by atoms with van der Waals surface area (Å²) in [4.78, 5) is 80.5. The van der Waals surface area contributed by atoms with E-state index in [0.717, 1.165) is 0 Å². The molecule has 18 nitrogen and oxygen atoms in total. The second kappa shape index (κ2) is 19.2. The van der Waals surface area contributed by atoms with Crippen LogP contribution >= 0.6 is 0 Å². The van der Waals surface area contributed by atoms with Gasteiger partial charge in [0, 0.05) is 37.7 Å². The van der Waals surface area contributed by atoms with Gasteiger partial charge in [0.1, 0.15) is 12.1 Å². The van der Waals surface area contributed by atoms with E-state index < -0.39 is 70.8 Å². The van der Waals surface area contributed by atoms with E-state index in [1.165, 1.54) is 36.1 Å². The number of hydrogen-bond donors (Lipinski definition) is 8. The summed E-state index contributed by atoms with van der Waals surface area (Å²) in [6.45, 7) is 5.40. The first-order valence-electron chi connectivity index (χ1n) is 16.2. The summed E-state index contributed by atoms with van der Waals surface area (Å²) in [7, 11) is 0. The maximum absolute atomic E-state index is 13.8. The van der Waals surface area contributed by atoms with Gasteiger partial charge < -0.3 is 48.3 Å². The average Bonchev–Trinajstić information content (AvgIpc) is 3.51. The number of non-ortho nitro benzene ring substituents is 1. The Morgan fingerprint density at radius 1 is 1.08 bits per heavy atom. The lowest BCUT2D eigenvalue weighted by Gasteiger charge is -2.31. The summed E-state index contributed by atoms with van der Waals surface area (Å²) in [5.74, 6) is -3.94. The first-order chi connectivity index (χ1) is 23.0. The number of benzene rings is 1. The molecule has 2 rings (SSSR count). The Labute approximate surface area is 284 Å². The first-order valence-corrected chi connectivity index (χ1v) is 16.2. The number of aliphatic hydroxyl groups excluding tert-OH is 1. The highest BCUT2D eigenvalue weighted by atomic mass is 16.6. The molecule has 11 N–H and O–H groups in total. The summed E-state index contributed by atoms with van der Waals surface area (Å²) in [6, 6.07) is 0.286. The van der Waals surface area contributed by atoms with Gasteiger partial charge in [0.2, 0.25) is 23.6 Å². The van der Waals surface area contributed by atoms with E-state index in [9.17, 15) is 44.3 Å². The Bertz CT molecular complexity index is 1350. The normalized spacial score (nSPS) is 17.3. The number of nitrogens with one attached hydrogen (secondary N) is 3. The van der Waals surface area contributed by atoms with Crippen LogP contribution in [0.3, 0.4) is 0 Å². The highest BCUT2D eigenvalue weighted by molar-refractivity contribution is 5.94. The second-order valence-electron chi connectivity index (χ2n) is 12.6. The molecule has 6 atom stereocenters. The van der Waals surface area contributed by atoms with Crippen LogP contribution in [0.2, 0.25) is 0 Å². The van der Waals surface area contributed by atoms with Crippen LogP contribution in [0.1, 0.15) is 64.9 Å². The minimum absolute atomic E-state index is 0.0525. The van der Waals surface area contributed by atoms with Gasteiger partial charge in [0.15, 0.2) is 12.0 Å². The van der Waals surface area contributed by atoms with Crippen molar-refractivity contribution < 1.29 is 39.1 Å². The zero-order chi connectivity index (χ0) is 36.8. The Hall–Kier alpha value is -4.84. The number of nitrogens with zero attached hydrogens (tertiary/aromatic N) is 3. The molecule has 0 saturated carbocycles. The fourth-order valence-electron chi connectivity index (χ4n) is 5.48. The average molecular weight is 692 g/mol. The molecule has 1 aromatic carbocycles. The number of carboxylic acid groups (broad SMARTS) is 1. The van der Waals surface area contributed by atoms with Crippen molar-refractivity contribution in [2.45, 2.75) is 102 Å². The number of nitro groups is 1. The minimum atomic E-state index is -1.56. The fraction of sp³-hybridized carbons (Fsp3) is 0.613. The zero-order valence-corrected chi connectivity index (χ0v) is 28.0. The van der Waals surface area contributed by atoms with Crippen LogP contribution in [-0.2, 0) is 30.4 Å². The Kier molecular flexibility index (Phi) is 15.8. The van der Waals surface area contributed by atoms with Crippen molar-refractivity contribution in [3.8, 4) is 0 Å². The van der Waals surface area contributed by atoms with Gasteiger partial charge in [-0.05, 0) is 56.9 Å². The fourth-order valence-corrected chi connectivity index (χ4v) is 5.48. The molecule has 1 aliphatic rings. The number of carbonyl (C=O) groups is 5. The molecule has 1 saturated heterocycles. The Morgan fingerprint density at radius 3 is 2.29 bits per heavy atom. The second-order valence-corrected chi connectivity index (χ2v) is 12.6. The molecular formula is C31H49N9O9. The molecule has 0 unspecified atom stereocenters. The van der Waals surface area contributed by atoms with Crippen molar-refractivity contribution in [3.05, 3.63) is 39.9 Å². The number of amides is 4. The molecular weight excluding hydrogens is 642 g/mol. The van der Waals surface area contributed by atoms with Crippen LogP contribution in [0.25, 0.3) is 0 Å². The molecule has 4 amide bonds. The van der Waals surface area contributed by atoms with Crippen LogP contribution in [0.15, 0.2) is 29.3 Å². The van der Waals surface area contributed by atoms with Crippen LogP contribution in [-0.4, -0.2) is 105 Å². The lowest BCUT2D eigenvalue weighted by Crippen LogP contribution is -2.57. The molecule has 0 bridgehead atoms. The monoisotopic (exact) mass is 691 g/mol. The summed E-state index contributed by atoms with van der Waals surface area (Å²) >= 11 is 0. The lowest BCUT2D eigenvalue weighted by molar-refractivity contribution is -0.384. The number of aliphatic imine (C=N–C) groups is 1. The molecule has 1 fully saturated rings. The van der Waals surface area contributed by atoms with Gasteiger partial charge in [-0.15, -0.1) is 0 Å². The van der Waals surface area contributed by atoms with Crippen molar-refractivity contribution in [1.29, 1.82) is 0 Å². The highest BCUT2D eigenvalue weighted by Gasteiger charge is 2.39. The van der Waals surface area contributed by atoms with E-state index >= 15 is 0 Å². The predicted octanol–water partition coefficient (Wildman–Crippen LogP) is -1.13. The molecule has 0 aromatic heterocycles. The van der Waals surface area contributed by atoms with Crippen molar-refractivity contribution in [1.82, 2.24) is 20.9 Å². The molecule has 0 spiro atoms. The summed E-state index contributed by atoms with van der Waals surface area (Å²) in [5, 5.41) is 38.1. The number of nitrogens with two attached hydrogens (primary N) is 3. The quantitative estimate of drug-likeness (QED) is 0.0281. The van der Waals surface area contributed by atoms with E-state index in [1.807, 2.05) is 13.8 Å².